The number of benzene rings is 1. The zero-order valence-corrected chi connectivity index (χ0v) is 20.2. The summed E-state index contributed by atoms with van der Waals surface area (Å²) in [5.74, 6) is 0.126. The van der Waals surface area contributed by atoms with E-state index in [1.54, 1.807) is 25.3 Å². The summed E-state index contributed by atoms with van der Waals surface area (Å²) in [5.41, 5.74) is 1.46. The molecule has 1 amide bonds. The maximum atomic E-state index is 12.8. The van der Waals surface area contributed by atoms with Gasteiger partial charge in [-0.3, -0.25) is 14.3 Å². The second-order valence-electron chi connectivity index (χ2n) is 10.2. The number of oxazole rings is 1. The zero-order valence-electron chi connectivity index (χ0n) is 19.4. The Balaban J connectivity index is 1.07. The first-order chi connectivity index (χ1) is 16.7. The lowest BCUT2D eigenvalue weighted by Crippen LogP contribution is -2.47. The number of anilines is 1. The highest BCUT2D eigenvalue weighted by Gasteiger charge is 2.48. The fraction of sp³-hybridized carbons (Fsp3) is 0.480. The van der Waals surface area contributed by atoms with E-state index >= 15 is 0 Å². The number of piperidine rings is 1. The van der Waals surface area contributed by atoms with Crippen LogP contribution >= 0.6 is 11.6 Å². The number of carbonyl (C=O) groups excluding carboxylic acids is 1. The number of pyridine rings is 1. The molecule has 3 aromatic rings. The van der Waals surface area contributed by atoms with Crippen LogP contribution in [0.25, 0.3) is 11.2 Å². The molecule has 2 N–H and O–H groups in total. The Kier molecular flexibility index (Phi) is 5.21. The molecule has 10 heteroatoms. The molecule has 2 aromatic heterocycles. The molecular weight excluding hydrogens is 472 g/mol. The average Bonchev–Trinajstić information content (AvgIpc) is 3.26. The van der Waals surface area contributed by atoms with E-state index in [2.05, 4.69) is 15.2 Å². The highest BCUT2D eigenvalue weighted by Crippen LogP contribution is 2.46. The third-order valence-corrected chi connectivity index (χ3v) is 7.95. The minimum Gasteiger partial charge on any atom is -0.490 e. The summed E-state index contributed by atoms with van der Waals surface area (Å²) >= 11 is 6.21. The number of nitrogens with one attached hydrogen (secondary N) is 1. The number of halogens is 1. The van der Waals surface area contributed by atoms with Gasteiger partial charge in [-0.05, 0) is 69.5 Å². The van der Waals surface area contributed by atoms with Crippen LogP contribution in [-0.4, -0.2) is 57.3 Å². The molecule has 35 heavy (non-hydrogen) atoms. The Morgan fingerprint density at radius 3 is 2.77 bits per heavy atom. The normalized spacial score (nSPS) is 25.5. The first kappa shape index (κ1) is 22.6. The van der Waals surface area contributed by atoms with Gasteiger partial charge in [0.05, 0.1) is 17.2 Å². The number of fused-ring (bicyclic) bond motifs is 3. The summed E-state index contributed by atoms with van der Waals surface area (Å²) in [7, 11) is 0. The Labute approximate surface area is 206 Å². The molecule has 2 fully saturated rings. The molecule has 3 aliphatic rings. The van der Waals surface area contributed by atoms with Crippen molar-refractivity contribution >= 4 is 34.4 Å². The average molecular weight is 499 g/mol. The van der Waals surface area contributed by atoms with Crippen LogP contribution < -0.4 is 15.8 Å². The van der Waals surface area contributed by atoms with Crippen molar-refractivity contribution in [1.29, 1.82) is 0 Å². The molecule has 4 heterocycles. The number of carbonyl (C=O) groups is 1. The molecular formula is C25H27ClN4O5. The van der Waals surface area contributed by atoms with Gasteiger partial charge in [-0.25, -0.2) is 9.78 Å². The Hall–Kier alpha value is -2.88. The maximum absolute atomic E-state index is 12.8. The first-order valence-corrected chi connectivity index (χ1v) is 12.3. The predicted octanol–water partition coefficient (Wildman–Crippen LogP) is 3.09. The van der Waals surface area contributed by atoms with Crippen molar-refractivity contribution < 1.29 is 19.1 Å². The number of nitrogens with zero attached hydrogens (tertiary/aromatic N) is 3. The first-order valence-electron chi connectivity index (χ1n) is 11.9. The molecule has 2 aliphatic heterocycles. The summed E-state index contributed by atoms with van der Waals surface area (Å²) < 4.78 is 12.8. The van der Waals surface area contributed by atoms with E-state index in [0.29, 0.717) is 48.0 Å². The van der Waals surface area contributed by atoms with E-state index in [-0.39, 0.29) is 11.9 Å². The van der Waals surface area contributed by atoms with E-state index < -0.39 is 16.8 Å². The molecule has 1 aromatic carbocycles. The lowest BCUT2D eigenvalue weighted by molar-refractivity contribution is -0.122. The van der Waals surface area contributed by atoms with Crippen molar-refractivity contribution in [2.45, 2.75) is 49.7 Å². The van der Waals surface area contributed by atoms with Crippen molar-refractivity contribution in [2.24, 2.45) is 0 Å². The second-order valence-corrected chi connectivity index (χ2v) is 10.6. The number of hydrogen-bond donors (Lipinski definition) is 2. The number of ether oxygens (including phenoxy) is 1. The smallest absolute Gasteiger partial charge is 0.421 e. The van der Waals surface area contributed by atoms with Crippen molar-refractivity contribution in [2.75, 3.05) is 31.6 Å². The molecule has 0 atom stereocenters. The van der Waals surface area contributed by atoms with Gasteiger partial charge in [-0.15, -0.1) is 0 Å². The summed E-state index contributed by atoms with van der Waals surface area (Å²) in [6.45, 7) is 4.48. The number of rotatable bonds is 5. The van der Waals surface area contributed by atoms with E-state index in [0.717, 1.165) is 37.2 Å². The lowest BCUT2D eigenvalue weighted by Gasteiger charge is -2.40. The van der Waals surface area contributed by atoms with E-state index in [1.165, 1.54) is 4.57 Å². The van der Waals surface area contributed by atoms with Gasteiger partial charge in [0, 0.05) is 29.4 Å². The van der Waals surface area contributed by atoms with Crippen LogP contribution in [0.1, 0.15) is 44.2 Å². The molecule has 1 saturated carbocycles. The number of hydrogen-bond acceptors (Lipinski definition) is 7. The maximum Gasteiger partial charge on any atom is 0.421 e. The van der Waals surface area contributed by atoms with E-state index in [1.807, 2.05) is 12.1 Å². The predicted molar refractivity (Wildman–Crippen MR) is 130 cm³/mol. The summed E-state index contributed by atoms with van der Waals surface area (Å²) in [5, 5.41) is 13.7. The van der Waals surface area contributed by atoms with Gasteiger partial charge >= 0.3 is 5.76 Å². The molecule has 1 spiro atoms. The second kappa shape index (κ2) is 8.08. The van der Waals surface area contributed by atoms with Crippen molar-refractivity contribution in [3.05, 3.63) is 51.6 Å². The van der Waals surface area contributed by atoms with Gasteiger partial charge in [0.25, 0.3) is 0 Å². The van der Waals surface area contributed by atoms with E-state index in [9.17, 15) is 14.7 Å². The largest absolute Gasteiger partial charge is 0.490 e. The van der Waals surface area contributed by atoms with Crippen molar-refractivity contribution in [1.82, 2.24) is 14.5 Å². The molecule has 9 nitrogen and oxygen atoms in total. The third kappa shape index (κ3) is 3.82. The van der Waals surface area contributed by atoms with Crippen LogP contribution in [0, 0.1) is 0 Å². The molecule has 184 valence electrons. The SMILES string of the molecule is C[C@]1(O)C[C@@H](n2c(=O)oc3cc(OCCN4CCC5(CC4)C(=O)Nc4ccc(Cl)cc45)cnc32)C1. The summed E-state index contributed by atoms with van der Waals surface area (Å²) in [6.07, 6.45) is 4.05. The minimum absolute atomic E-state index is 0.0592. The van der Waals surface area contributed by atoms with Gasteiger partial charge in [0.15, 0.2) is 11.2 Å². The fourth-order valence-electron chi connectivity index (χ4n) is 5.78. The number of likely N-dealkylation sites (tertiary alicyclic amines) is 1. The van der Waals surface area contributed by atoms with Gasteiger partial charge < -0.3 is 19.6 Å². The van der Waals surface area contributed by atoms with Crippen LogP contribution in [0.15, 0.2) is 39.7 Å². The molecule has 0 bridgehead atoms. The number of aliphatic hydroxyl groups is 1. The monoisotopic (exact) mass is 498 g/mol. The van der Waals surface area contributed by atoms with Gasteiger partial charge in [-0.2, -0.15) is 0 Å². The van der Waals surface area contributed by atoms with Crippen molar-refractivity contribution in [3.8, 4) is 5.75 Å². The Bertz CT molecular complexity index is 1360. The Morgan fingerprint density at radius 1 is 1.26 bits per heavy atom. The van der Waals surface area contributed by atoms with Crippen LogP contribution in [0.3, 0.4) is 0 Å². The third-order valence-electron chi connectivity index (χ3n) is 7.71. The van der Waals surface area contributed by atoms with Gasteiger partial charge in [-0.1, -0.05) is 11.6 Å². The molecule has 0 radical (unpaired) electrons. The van der Waals surface area contributed by atoms with Gasteiger partial charge in [0.1, 0.15) is 12.4 Å². The Morgan fingerprint density at radius 2 is 2.03 bits per heavy atom. The lowest BCUT2D eigenvalue weighted by atomic mass is 9.73. The van der Waals surface area contributed by atoms with Crippen LogP contribution in [0.4, 0.5) is 5.69 Å². The molecule has 6 rings (SSSR count). The number of aromatic nitrogens is 2. The van der Waals surface area contributed by atoms with Crippen LogP contribution in [0.2, 0.25) is 5.02 Å². The quantitative estimate of drug-likeness (QED) is 0.556. The molecule has 1 saturated heterocycles. The summed E-state index contributed by atoms with van der Waals surface area (Å²) in [4.78, 5) is 31.8. The van der Waals surface area contributed by atoms with Crippen molar-refractivity contribution in [3.63, 3.8) is 0 Å². The zero-order chi connectivity index (χ0) is 24.4. The minimum atomic E-state index is -0.747. The van der Waals surface area contributed by atoms with Crippen LogP contribution in [-0.2, 0) is 10.2 Å². The fourth-order valence-corrected chi connectivity index (χ4v) is 5.95. The highest BCUT2D eigenvalue weighted by atomic mass is 35.5. The molecule has 0 unspecified atom stereocenters. The number of amides is 1. The standard InChI is InChI=1S/C25H27ClN4O5/c1-24(33)12-16(13-24)30-21-20(35-23(30)32)11-17(14-27-21)34-9-8-29-6-4-25(5-7-29)18-10-15(26)2-3-19(18)28-22(25)31/h2-3,10-11,14,16,33H,4-9,12-13H2,1H3,(H,28,31)/t16-,24+. The summed E-state index contributed by atoms with van der Waals surface area (Å²) in [6, 6.07) is 7.17. The van der Waals surface area contributed by atoms with Crippen LogP contribution in [0.5, 0.6) is 5.75 Å². The highest BCUT2D eigenvalue weighted by molar-refractivity contribution is 6.31. The van der Waals surface area contributed by atoms with E-state index in [4.69, 9.17) is 20.8 Å². The molecule has 1 aliphatic carbocycles. The topological polar surface area (TPSA) is 110 Å². The van der Waals surface area contributed by atoms with Gasteiger partial charge in [0.2, 0.25) is 5.91 Å².